The van der Waals surface area contributed by atoms with E-state index in [9.17, 15) is 4.79 Å². The Bertz CT molecular complexity index is 715. The fourth-order valence-corrected chi connectivity index (χ4v) is 3.14. The first-order chi connectivity index (χ1) is 11.0. The molecule has 1 amide bonds. The molecule has 2 aromatic rings. The number of aryl methyl sites for hydroxylation is 2. The Balaban J connectivity index is 1.73. The van der Waals surface area contributed by atoms with Gasteiger partial charge in [-0.25, -0.2) is 0 Å². The molecular formula is C18H23N3O2. The molecule has 1 aliphatic rings. The molecule has 5 nitrogen and oxygen atoms in total. The molecule has 0 aliphatic heterocycles. The number of amides is 1. The number of ether oxygens (including phenoxy) is 1. The third-order valence-electron chi connectivity index (χ3n) is 4.43. The molecule has 1 saturated carbocycles. The van der Waals surface area contributed by atoms with E-state index in [4.69, 9.17) is 4.74 Å². The first-order valence-corrected chi connectivity index (χ1v) is 8.13. The lowest BCUT2D eigenvalue weighted by molar-refractivity contribution is 0.102. The van der Waals surface area contributed by atoms with Crippen LogP contribution in [0.15, 0.2) is 24.3 Å². The number of aromatic nitrogens is 2. The second kappa shape index (κ2) is 6.44. The van der Waals surface area contributed by atoms with Crippen LogP contribution in [0.4, 0.5) is 5.69 Å². The summed E-state index contributed by atoms with van der Waals surface area (Å²) in [5.41, 5.74) is 2.97. The van der Waals surface area contributed by atoms with E-state index >= 15 is 0 Å². The lowest BCUT2D eigenvalue weighted by Crippen LogP contribution is -2.15. The molecule has 0 saturated heterocycles. The van der Waals surface area contributed by atoms with Gasteiger partial charge in [0.05, 0.1) is 17.4 Å². The van der Waals surface area contributed by atoms with Crippen LogP contribution in [0.5, 0.6) is 5.75 Å². The highest BCUT2D eigenvalue weighted by atomic mass is 16.5. The fraction of sp³-hybridized carbons (Fsp3) is 0.444. The Morgan fingerprint density at radius 3 is 2.70 bits per heavy atom. The van der Waals surface area contributed by atoms with Gasteiger partial charge in [0.25, 0.3) is 5.91 Å². The summed E-state index contributed by atoms with van der Waals surface area (Å²) in [6.07, 6.45) is 5.01. The number of nitrogens with zero attached hydrogens (tertiary/aromatic N) is 2. The van der Waals surface area contributed by atoms with Crippen molar-refractivity contribution in [2.45, 2.75) is 45.6 Å². The summed E-state index contributed by atoms with van der Waals surface area (Å²) in [6.45, 7) is 3.75. The summed E-state index contributed by atoms with van der Waals surface area (Å²) in [5, 5.41) is 7.24. The minimum atomic E-state index is -0.133. The molecule has 3 rings (SSSR count). The van der Waals surface area contributed by atoms with E-state index in [2.05, 4.69) is 10.4 Å². The van der Waals surface area contributed by atoms with Crippen molar-refractivity contribution in [3.05, 3.63) is 41.2 Å². The van der Waals surface area contributed by atoms with Gasteiger partial charge in [0.2, 0.25) is 0 Å². The van der Waals surface area contributed by atoms with Gasteiger partial charge in [-0.05, 0) is 51.7 Å². The van der Waals surface area contributed by atoms with Crippen molar-refractivity contribution in [3.8, 4) is 5.75 Å². The zero-order valence-electron chi connectivity index (χ0n) is 13.9. The molecule has 1 heterocycles. The Labute approximate surface area is 136 Å². The summed E-state index contributed by atoms with van der Waals surface area (Å²) in [7, 11) is 1.84. The van der Waals surface area contributed by atoms with Crippen molar-refractivity contribution in [3.63, 3.8) is 0 Å². The zero-order valence-corrected chi connectivity index (χ0v) is 13.9. The molecule has 122 valence electrons. The third kappa shape index (κ3) is 3.38. The lowest BCUT2D eigenvalue weighted by atomic mass is 10.2. The summed E-state index contributed by atoms with van der Waals surface area (Å²) >= 11 is 0. The minimum Gasteiger partial charge on any atom is -0.490 e. The number of benzene rings is 1. The van der Waals surface area contributed by atoms with Gasteiger partial charge in [-0.2, -0.15) is 5.10 Å². The van der Waals surface area contributed by atoms with Gasteiger partial charge in [-0.3, -0.25) is 9.48 Å². The molecule has 23 heavy (non-hydrogen) atoms. The average molecular weight is 313 g/mol. The summed E-state index contributed by atoms with van der Waals surface area (Å²) < 4.78 is 7.71. The van der Waals surface area contributed by atoms with E-state index in [1.54, 1.807) is 4.68 Å². The van der Waals surface area contributed by atoms with Crippen molar-refractivity contribution in [2.24, 2.45) is 7.05 Å². The van der Waals surface area contributed by atoms with Crippen molar-refractivity contribution >= 4 is 11.6 Å². The number of carbonyl (C=O) groups excluding carboxylic acids is 1. The van der Waals surface area contributed by atoms with Gasteiger partial charge < -0.3 is 10.1 Å². The molecule has 0 radical (unpaired) electrons. The third-order valence-corrected chi connectivity index (χ3v) is 4.43. The van der Waals surface area contributed by atoms with Crippen LogP contribution in [-0.2, 0) is 7.05 Å². The zero-order chi connectivity index (χ0) is 16.4. The molecule has 0 bridgehead atoms. The minimum absolute atomic E-state index is 0.133. The van der Waals surface area contributed by atoms with Gasteiger partial charge in [-0.1, -0.05) is 6.07 Å². The quantitative estimate of drug-likeness (QED) is 0.938. The van der Waals surface area contributed by atoms with E-state index in [-0.39, 0.29) is 5.91 Å². The van der Waals surface area contributed by atoms with Crippen LogP contribution >= 0.6 is 0 Å². The lowest BCUT2D eigenvalue weighted by Gasteiger charge is -2.14. The number of nitrogens with one attached hydrogen (secondary N) is 1. The van der Waals surface area contributed by atoms with Crippen molar-refractivity contribution in [1.29, 1.82) is 0 Å². The molecule has 5 heteroatoms. The van der Waals surface area contributed by atoms with Crippen LogP contribution in [0.25, 0.3) is 0 Å². The molecule has 0 atom stereocenters. The van der Waals surface area contributed by atoms with Crippen molar-refractivity contribution < 1.29 is 9.53 Å². The molecule has 1 aromatic heterocycles. The number of anilines is 1. The van der Waals surface area contributed by atoms with Crippen LogP contribution < -0.4 is 10.1 Å². The predicted molar refractivity (Wildman–Crippen MR) is 90.0 cm³/mol. The van der Waals surface area contributed by atoms with E-state index in [0.717, 1.165) is 35.7 Å². The normalized spacial score (nSPS) is 14.9. The Hall–Kier alpha value is -2.30. The van der Waals surface area contributed by atoms with Crippen molar-refractivity contribution in [1.82, 2.24) is 9.78 Å². The Kier molecular flexibility index (Phi) is 4.37. The predicted octanol–water partition coefficient (Wildman–Crippen LogP) is 3.61. The molecule has 1 N–H and O–H groups in total. The van der Waals surface area contributed by atoms with Crippen LogP contribution in [-0.4, -0.2) is 21.8 Å². The van der Waals surface area contributed by atoms with Gasteiger partial charge in [0, 0.05) is 24.5 Å². The standard InChI is InChI=1S/C18H23N3O2/c1-12-17(13(2)21(3)20-12)18(22)19-14-7-6-10-16(11-14)23-15-8-4-5-9-15/h6-7,10-11,15H,4-5,8-9H2,1-3H3,(H,19,22). The molecule has 1 aromatic carbocycles. The van der Waals surface area contributed by atoms with Crippen LogP contribution in [0, 0.1) is 13.8 Å². The van der Waals surface area contributed by atoms with E-state index in [1.165, 1.54) is 12.8 Å². The van der Waals surface area contributed by atoms with Crippen LogP contribution in [0.3, 0.4) is 0 Å². The fourth-order valence-electron chi connectivity index (χ4n) is 3.14. The van der Waals surface area contributed by atoms with Crippen molar-refractivity contribution in [2.75, 3.05) is 5.32 Å². The summed E-state index contributed by atoms with van der Waals surface area (Å²) in [4.78, 5) is 12.5. The molecule has 0 unspecified atom stereocenters. The van der Waals surface area contributed by atoms with Gasteiger partial charge >= 0.3 is 0 Å². The van der Waals surface area contributed by atoms with E-state index in [0.29, 0.717) is 11.7 Å². The second-order valence-corrected chi connectivity index (χ2v) is 6.18. The highest BCUT2D eigenvalue weighted by molar-refractivity contribution is 6.05. The first-order valence-electron chi connectivity index (χ1n) is 8.13. The Morgan fingerprint density at radius 1 is 1.30 bits per heavy atom. The smallest absolute Gasteiger partial charge is 0.259 e. The number of hydrogen-bond donors (Lipinski definition) is 1. The largest absolute Gasteiger partial charge is 0.490 e. The molecule has 1 fully saturated rings. The van der Waals surface area contributed by atoms with Crippen LogP contribution in [0.1, 0.15) is 47.4 Å². The first kappa shape index (κ1) is 15.6. The molecule has 1 aliphatic carbocycles. The highest BCUT2D eigenvalue weighted by Gasteiger charge is 2.19. The second-order valence-electron chi connectivity index (χ2n) is 6.18. The summed E-state index contributed by atoms with van der Waals surface area (Å²) in [6, 6.07) is 7.61. The van der Waals surface area contributed by atoms with E-state index in [1.807, 2.05) is 45.2 Å². The van der Waals surface area contributed by atoms with E-state index < -0.39 is 0 Å². The molecule has 0 spiro atoms. The highest BCUT2D eigenvalue weighted by Crippen LogP contribution is 2.26. The summed E-state index contributed by atoms with van der Waals surface area (Å²) in [5.74, 6) is 0.681. The van der Waals surface area contributed by atoms with Gasteiger partial charge in [0.1, 0.15) is 5.75 Å². The molecular weight excluding hydrogens is 290 g/mol. The number of carbonyl (C=O) groups is 1. The topological polar surface area (TPSA) is 56.2 Å². The maximum Gasteiger partial charge on any atom is 0.259 e. The SMILES string of the molecule is Cc1nn(C)c(C)c1C(=O)Nc1cccc(OC2CCCC2)c1. The average Bonchev–Trinajstić information content (AvgIpc) is 3.08. The van der Waals surface area contributed by atoms with Gasteiger partial charge in [0.15, 0.2) is 0 Å². The maximum absolute atomic E-state index is 12.5. The van der Waals surface area contributed by atoms with Crippen LogP contribution in [0.2, 0.25) is 0 Å². The number of rotatable bonds is 4. The number of hydrogen-bond acceptors (Lipinski definition) is 3. The van der Waals surface area contributed by atoms with Gasteiger partial charge in [-0.15, -0.1) is 0 Å². The Morgan fingerprint density at radius 2 is 2.04 bits per heavy atom. The monoisotopic (exact) mass is 313 g/mol. The maximum atomic E-state index is 12.5.